The topological polar surface area (TPSA) is 0 Å². The van der Waals surface area contributed by atoms with Gasteiger partial charge in [-0.15, -0.1) is 0 Å². The second-order valence-corrected chi connectivity index (χ2v) is 22.0. The zero-order chi connectivity index (χ0) is 52.9. The Balaban J connectivity index is 0.000000924. The summed E-state index contributed by atoms with van der Waals surface area (Å²) in [6.07, 6.45) is 34.0. The second-order valence-electron chi connectivity index (χ2n) is 22.0. The van der Waals surface area contributed by atoms with Crippen LogP contribution in [-0.2, 0) is 6.32 Å². The molecule has 3 aromatic rings. The fourth-order valence-electron chi connectivity index (χ4n) is 10.4. The number of aryl methyl sites for hydroxylation is 1. The van der Waals surface area contributed by atoms with Gasteiger partial charge in [0.15, 0.2) is 0 Å². The standard InChI is InChI=1S/C18H15BF.3C16H36N/c1-13-6-9-17(20)11-18(13)19-12-14-7-8-15-4-2-3-5-16(15)10-14;3*1-5-9-13-17(14-10-6-2,15-11-7-3)16-12-8-4/h2-11H,12H2,1H3;3*5-16H2,1-4H3/q-1;3*+1. The summed E-state index contributed by atoms with van der Waals surface area (Å²) < 4.78 is 17.5. The number of benzene rings is 3. The highest BCUT2D eigenvalue weighted by molar-refractivity contribution is 6.53. The SMILES string of the molecule is CCCC[N+](CCCC)(CCCC)CCCC.CCCC[N+](CCCC)(CCCC)CCCC.CCCC[N+](CCCC)(CCCC)CCCC.Cc1ccc(F)cc1[B-]Cc1ccc2ccccc2c1. The number of unbranched alkanes of at least 4 members (excludes halogenated alkanes) is 12. The van der Waals surface area contributed by atoms with Gasteiger partial charge in [0.05, 0.1) is 78.5 Å². The minimum absolute atomic E-state index is 0.180. The van der Waals surface area contributed by atoms with Crippen molar-refractivity contribution in [3.8, 4) is 0 Å². The first-order chi connectivity index (χ1) is 34.4. The smallest absolute Gasteiger partial charge is 0.119 e. The molecule has 2 radical (unpaired) electrons. The first-order valence-electron chi connectivity index (χ1n) is 31.1. The van der Waals surface area contributed by atoms with E-state index in [-0.39, 0.29) is 5.82 Å². The third-order valence-corrected chi connectivity index (χ3v) is 15.4. The summed E-state index contributed by atoms with van der Waals surface area (Å²) in [7, 11) is 2.09. The van der Waals surface area contributed by atoms with Crippen molar-refractivity contribution in [1.29, 1.82) is 0 Å². The Morgan fingerprint density at radius 2 is 0.620 bits per heavy atom. The van der Waals surface area contributed by atoms with Crippen LogP contribution in [0, 0.1) is 12.7 Å². The zero-order valence-corrected chi connectivity index (χ0v) is 50.2. The van der Waals surface area contributed by atoms with E-state index in [9.17, 15) is 4.39 Å². The molecule has 71 heavy (non-hydrogen) atoms. The largest absolute Gasteiger partial charge is 0.324 e. The molecule has 0 aliphatic carbocycles. The van der Waals surface area contributed by atoms with Gasteiger partial charge in [-0.25, -0.2) is 10.7 Å². The molecule has 0 N–H and O–H groups in total. The Morgan fingerprint density at radius 1 is 0.338 bits per heavy atom. The average Bonchev–Trinajstić information content (AvgIpc) is 3.40. The van der Waals surface area contributed by atoms with Gasteiger partial charge < -0.3 is 13.4 Å². The van der Waals surface area contributed by atoms with Crippen LogP contribution in [0.4, 0.5) is 4.39 Å². The summed E-state index contributed by atoms with van der Waals surface area (Å²) in [6, 6.07) is 19.7. The van der Waals surface area contributed by atoms with Crippen LogP contribution in [0.2, 0.25) is 0 Å². The molecule has 5 heteroatoms. The number of halogens is 1. The molecular formula is C66H123BFN3+2. The van der Waals surface area contributed by atoms with Crippen molar-refractivity contribution in [2.75, 3.05) is 78.5 Å². The average molecular weight is 989 g/mol. The van der Waals surface area contributed by atoms with E-state index >= 15 is 0 Å². The van der Waals surface area contributed by atoms with Crippen LogP contribution in [0.5, 0.6) is 0 Å². The Labute approximate surface area is 445 Å². The molecule has 0 saturated carbocycles. The Morgan fingerprint density at radius 3 is 0.901 bits per heavy atom. The van der Waals surface area contributed by atoms with E-state index in [1.165, 1.54) is 268 Å². The fraction of sp³-hybridized carbons (Fsp3) is 0.758. The highest BCUT2D eigenvalue weighted by atomic mass is 19.1. The van der Waals surface area contributed by atoms with Gasteiger partial charge in [0.2, 0.25) is 0 Å². The number of hydrogen-bond donors (Lipinski definition) is 0. The molecule has 0 aromatic heterocycles. The van der Waals surface area contributed by atoms with E-state index in [0.717, 1.165) is 17.3 Å². The normalized spacial score (nSPS) is 11.7. The van der Waals surface area contributed by atoms with Gasteiger partial charge in [0, 0.05) is 0 Å². The number of hydrogen-bond acceptors (Lipinski definition) is 0. The summed E-state index contributed by atoms with van der Waals surface area (Å²) in [5, 5.41) is 2.49. The molecule has 0 heterocycles. The highest BCUT2D eigenvalue weighted by Gasteiger charge is 2.27. The zero-order valence-electron chi connectivity index (χ0n) is 50.2. The molecule has 0 bridgehead atoms. The summed E-state index contributed by atoms with van der Waals surface area (Å²) >= 11 is 0. The molecular weight excluding hydrogens is 865 g/mol. The maximum absolute atomic E-state index is 13.3. The fourth-order valence-corrected chi connectivity index (χ4v) is 10.4. The van der Waals surface area contributed by atoms with Crippen molar-refractivity contribution in [3.63, 3.8) is 0 Å². The second kappa shape index (κ2) is 45.2. The highest BCUT2D eigenvalue weighted by Crippen LogP contribution is 2.20. The summed E-state index contributed by atoms with van der Waals surface area (Å²) in [5.74, 6) is -0.180. The summed E-state index contributed by atoms with van der Waals surface area (Å²) in [6.45, 7) is 47.1. The Hall–Kier alpha value is -2.21. The van der Waals surface area contributed by atoms with Crippen LogP contribution >= 0.6 is 0 Å². The van der Waals surface area contributed by atoms with E-state index in [0.29, 0.717) is 0 Å². The van der Waals surface area contributed by atoms with Crippen LogP contribution in [0.3, 0.4) is 0 Å². The van der Waals surface area contributed by atoms with Crippen molar-refractivity contribution in [2.24, 2.45) is 0 Å². The molecule has 0 fully saturated rings. The van der Waals surface area contributed by atoms with Gasteiger partial charge in [-0.3, -0.25) is 12.7 Å². The minimum atomic E-state index is -0.180. The third-order valence-electron chi connectivity index (χ3n) is 15.4. The summed E-state index contributed by atoms with van der Waals surface area (Å²) in [4.78, 5) is 0. The Kier molecular flexibility index (Phi) is 43.8. The van der Waals surface area contributed by atoms with Crippen molar-refractivity contribution >= 4 is 23.5 Å². The van der Waals surface area contributed by atoms with Gasteiger partial charge in [-0.2, -0.15) is 0 Å². The van der Waals surface area contributed by atoms with Gasteiger partial charge in [0.25, 0.3) is 0 Å². The molecule has 3 nitrogen and oxygen atoms in total. The molecule has 3 aromatic carbocycles. The Bertz CT molecular complexity index is 1430. The van der Waals surface area contributed by atoms with Gasteiger partial charge >= 0.3 is 0 Å². The number of nitrogens with zero attached hydrogens (tertiary/aromatic N) is 3. The van der Waals surface area contributed by atoms with Crippen molar-refractivity contribution in [2.45, 2.75) is 250 Å². The number of rotatable bonds is 39. The molecule has 0 unspecified atom stereocenters. The van der Waals surface area contributed by atoms with Crippen LogP contribution < -0.4 is 5.46 Å². The first kappa shape index (κ1) is 68.8. The van der Waals surface area contributed by atoms with E-state index in [1.807, 2.05) is 25.1 Å². The van der Waals surface area contributed by atoms with Crippen molar-refractivity contribution in [1.82, 2.24) is 0 Å². The number of quaternary nitrogens is 3. The lowest BCUT2D eigenvalue weighted by Gasteiger charge is -2.39. The van der Waals surface area contributed by atoms with Crippen LogP contribution in [0.1, 0.15) is 248 Å². The predicted molar refractivity (Wildman–Crippen MR) is 322 cm³/mol. The van der Waals surface area contributed by atoms with Gasteiger partial charge in [-0.1, -0.05) is 226 Å². The third kappa shape index (κ3) is 32.0. The monoisotopic (exact) mass is 988 g/mol. The molecule has 3 rings (SSSR count). The lowest BCUT2D eigenvalue weighted by Crippen LogP contribution is -2.50. The van der Waals surface area contributed by atoms with E-state index in [2.05, 4.69) is 121 Å². The van der Waals surface area contributed by atoms with Gasteiger partial charge in [0.1, 0.15) is 5.82 Å². The quantitative estimate of drug-likeness (QED) is 0.0395. The summed E-state index contributed by atoms with van der Waals surface area (Å²) in [5.41, 5.74) is 3.32. The molecule has 0 aliphatic heterocycles. The lowest BCUT2D eigenvalue weighted by atomic mass is 9.64. The number of fused-ring (bicyclic) bond motifs is 1. The maximum Gasteiger partial charge on any atom is 0.119 e. The molecule has 0 atom stereocenters. The molecule has 0 saturated heterocycles. The maximum atomic E-state index is 13.3. The molecule has 0 amide bonds. The molecule has 0 spiro atoms. The van der Waals surface area contributed by atoms with Crippen molar-refractivity contribution < 1.29 is 17.8 Å². The van der Waals surface area contributed by atoms with E-state index in [4.69, 9.17) is 0 Å². The van der Waals surface area contributed by atoms with Gasteiger partial charge in [-0.05, 0) is 101 Å². The van der Waals surface area contributed by atoms with E-state index in [1.54, 1.807) is 6.07 Å². The molecule has 0 aliphatic rings. The van der Waals surface area contributed by atoms with Crippen LogP contribution in [0.15, 0.2) is 60.7 Å². The van der Waals surface area contributed by atoms with Crippen molar-refractivity contribution in [3.05, 3.63) is 77.6 Å². The van der Waals surface area contributed by atoms with E-state index < -0.39 is 0 Å². The first-order valence-corrected chi connectivity index (χ1v) is 31.1. The molecule has 410 valence electrons. The predicted octanol–water partition coefficient (Wildman–Crippen LogP) is 18.8. The minimum Gasteiger partial charge on any atom is -0.324 e. The van der Waals surface area contributed by atoms with Crippen LogP contribution in [-0.4, -0.2) is 99.3 Å². The lowest BCUT2D eigenvalue weighted by molar-refractivity contribution is -0.929. The van der Waals surface area contributed by atoms with Crippen LogP contribution in [0.25, 0.3) is 10.8 Å².